The first-order chi connectivity index (χ1) is 6.38. The van der Waals surface area contributed by atoms with Crippen molar-refractivity contribution in [2.45, 2.75) is 0 Å². The van der Waals surface area contributed by atoms with Crippen LogP contribution in [0.3, 0.4) is 0 Å². The Morgan fingerprint density at radius 1 is 1.27 bits per heavy atom. The summed E-state index contributed by atoms with van der Waals surface area (Å²) in [5.41, 5.74) is -0.178. The molecule has 77 valence electrons. The van der Waals surface area contributed by atoms with Gasteiger partial charge in [0, 0.05) is 63.5 Å². The Morgan fingerprint density at radius 3 is 2.07 bits per heavy atom. The molecule has 1 rings (SSSR count). The zero-order valence-corrected chi connectivity index (χ0v) is 11.7. The van der Waals surface area contributed by atoms with E-state index in [9.17, 15) is 14.7 Å². The van der Waals surface area contributed by atoms with Crippen LogP contribution in [-0.2, 0) is 4.57 Å². The molecule has 0 fully saturated rings. The van der Waals surface area contributed by atoms with Gasteiger partial charge in [0.15, 0.2) is 0 Å². The Bertz CT molecular complexity index is 387. The zero-order valence-electron chi connectivity index (χ0n) is 7.73. The van der Waals surface area contributed by atoms with Crippen LogP contribution in [0.15, 0.2) is 24.3 Å². The van der Waals surface area contributed by atoms with Crippen molar-refractivity contribution < 1.29 is 23.8 Å². The topological polar surface area (TPSA) is 110 Å². The molecule has 0 aliphatic heterocycles. The van der Waals surface area contributed by atoms with E-state index in [-0.39, 0.29) is 62.8 Å². The average Bonchev–Trinajstić information content (AvgIpc) is 2.02. The van der Waals surface area contributed by atoms with E-state index in [1.165, 1.54) is 0 Å². The molecular weight excluding hydrogens is 252 g/mol. The van der Waals surface area contributed by atoms with Crippen molar-refractivity contribution in [2.75, 3.05) is 0 Å². The number of benzene rings is 1. The fraction of sp³-hybridized carbons (Fsp3) is 0. The summed E-state index contributed by atoms with van der Waals surface area (Å²) >= 11 is 0. The van der Waals surface area contributed by atoms with Gasteiger partial charge < -0.3 is 4.52 Å². The van der Waals surface area contributed by atoms with E-state index in [1.54, 1.807) is 0 Å². The molecule has 0 saturated carbocycles. The van der Waals surface area contributed by atoms with Gasteiger partial charge >= 0.3 is 7.82 Å². The molecular formula is C6H6KNO6P. The maximum Gasteiger partial charge on any atom is 0.524 e. The maximum absolute atomic E-state index is 10.4. The van der Waals surface area contributed by atoms with Crippen molar-refractivity contribution in [3.63, 3.8) is 0 Å². The van der Waals surface area contributed by atoms with E-state index in [0.717, 1.165) is 24.3 Å². The SMILES string of the molecule is O=[N+]([O-])c1ccc(OP(=O)(O)O)cc1.[K]. The molecule has 9 heteroatoms. The number of hydrogen-bond acceptors (Lipinski definition) is 4. The first-order valence-electron chi connectivity index (χ1n) is 3.38. The predicted octanol–water partition coefficient (Wildman–Crippen LogP) is 0.685. The smallest absolute Gasteiger partial charge is 0.404 e. The maximum atomic E-state index is 10.4. The van der Waals surface area contributed by atoms with Crippen LogP contribution in [0.1, 0.15) is 0 Å². The first-order valence-corrected chi connectivity index (χ1v) is 4.91. The Labute approximate surface area is 127 Å². The summed E-state index contributed by atoms with van der Waals surface area (Å²) in [7, 11) is -4.60. The number of hydrogen-bond donors (Lipinski definition) is 2. The zero-order chi connectivity index (χ0) is 10.8. The van der Waals surface area contributed by atoms with Crippen LogP contribution in [0.25, 0.3) is 0 Å². The van der Waals surface area contributed by atoms with Gasteiger partial charge in [-0.2, -0.15) is 0 Å². The normalized spacial score (nSPS) is 10.3. The Kier molecular flexibility index (Phi) is 6.15. The summed E-state index contributed by atoms with van der Waals surface area (Å²) in [6.45, 7) is 0. The summed E-state index contributed by atoms with van der Waals surface area (Å²) in [4.78, 5) is 26.4. The third kappa shape index (κ3) is 5.74. The quantitative estimate of drug-likeness (QED) is 0.357. The molecule has 0 spiro atoms. The molecule has 0 heterocycles. The van der Waals surface area contributed by atoms with Crippen LogP contribution in [-0.4, -0.2) is 66.1 Å². The van der Waals surface area contributed by atoms with Crippen molar-refractivity contribution in [3.05, 3.63) is 34.4 Å². The fourth-order valence-corrected chi connectivity index (χ4v) is 1.16. The van der Waals surface area contributed by atoms with Gasteiger partial charge in [0.05, 0.1) is 4.92 Å². The second kappa shape index (κ2) is 6.07. The van der Waals surface area contributed by atoms with E-state index in [1.807, 2.05) is 0 Å². The first kappa shape index (κ1) is 15.2. The van der Waals surface area contributed by atoms with Crippen molar-refractivity contribution in [1.29, 1.82) is 0 Å². The van der Waals surface area contributed by atoms with Crippen LogP contribution >= 0.6 is 7.82 Å². The van der Waals surface area contributed by atoms with Gasteiger partial charge in [0.1, 0.15) is 5.75 Å². The molecule has 1 aromatic rings. The second-order valence-corrected chi connectivity index (χ2v) is 3.50. The third-order valence-electron chi connectivity index (χ3n) is 1.27. The number of rotatable bonds is 3. The molecule has 0 amide bonds. The molecule has 0 atom stereocenters. The van der Waals surface area contributed by atoms with E-state index >= 15 is 0 Å². The minimum Gasteiger partial charge on any atom is -0.404 e. The van der Waals surface area contributed by atoms with Gasteiger partial charge in [0.25, 0.3) is 5.69 Å². The van der Waals surface area contributed by atoms with E-state index in [4.69, 9.17) is 9.79 Å². The van der Waals surface area contributed by atoms with Crippen LogP contribution in [0, 0.1) is 10.1 Å². The van der Waals surface area contributed by atoms with Crippen molar-refractivity contribution in [1.82, 2.24) is 0 Å². The second-order valence-electron chi connectivity index (χ2n) is 2.33. The van der Waals surface area contributed by atoms with Crippen molar-refractivity contribution in [2.24, 2.45) is 0 Å². The van der Waals surface area contributed by atoms with Gasteiger partial charge in [-0.25, -0.2) is 4.57 Å². The standard InChI is InChI=1S/C6H6NO6P.K/c8-7(9)5-1-3-6(4-2-5)13-14(10,11)12;/h1-4H,(H2,10,11,12);. The molecule has 2 N–H and O–H groups in total. The summed E-state index contributed by atoms with van der Waals surface area (Å²) < 4.78 is 14.5. The van der Waals surface area contributed by atoms with Gasteiger partial charge in [-0.15, -0.1) is 0 Å². The molecule has 7 nitrogen and oxygen atoms in total. The van der Waals surface area contributed by atoms with Gasteiger partial charge in [0.2, 0.25) is 0 Å². The Hall–Kier alpha value is 0.206. The number of nitro groups is 1. The number of nitro benzene ring substituents is 1. The minimum atomic E-state index is -4.60. The Morgan fingerprint density at radius 2 is 1.73 bits per heavy atom. The number of phosphoric ester groups is 1. The van der Waals surface area contributed by atoms with Crippen molar-refractivity contribution >= 4 is 64.9 Å². The van der Waals surface area contributed by atoms with Crippen LogP contribution in [0.2, 0.25) is 0 Å². The summed E-state index contributed by atoms with van der Waals surface area (Å²) in [5.74, 6) is -0.121. The van der Waals surface area contributed by atoms with Crippen LogP contribution in [0.4, 0.5) is 5.69 Å². The Balaban J connectivity index is 0.00000196. The average molecular weight is 258 g/mol. The molecule has 1 aromatic carbocycles. The fourth-order valence-electron chi connectivity index (χ4n) is 0.766. The third-order valence-corrected chi connectivity index (χ3v) is 1.72. The molecule has 0 aliphatic rings. The van der Waals surface area contributed by atoms with E-state index < -0.39 is 12.7 Å². The molecule has 0 bridgehead atoms. The molecule has 1 radical (unpaired) electrons. The molecule has 0 unspecified atom stereocenters. The van der Waals surface area contributed by atoms with Crippen LogP contribution in [0.5, 0.6) is 5.75 Å². The summed E-state index contributed by atoms with van der Waals surface area (Å²) in [6, 6.07) is 4.39. The number of phosphoric acid groups is 1. The molecule has 0 saturated heterocycles. The number of non-ortho nitro benzene ring substituents is 1. The minimum absolute atomic E-state index is 0. The molecule has 0 aliphatic carbocycles. The predicted molar refractivity (Wildman–Crippen MR) is 51.5 cm³/mol. The van der Waals surface area contributed by atoms with Crippen molar-refractivity contribution in [3.8, 4) is 5.75 Å². The summed E-state index contributed by atoms with van der Waals surface area (Å²) in [6.07, 6.45) is 0. The van der Waals surface area contributed by atoms with Crippen LogP contribution < -0.4 is 4.52 Å². The molecule has 15 heavy (non-hydrogen) atoms. The van der Waals surface area contributed by atoms with Gasteiger partial charge in [-0.05, 0) is 12.1 Å². The van der Waals surface area contributed by atoms with Gasteiger partial charge in [-0.3, -0.25) is 19.9 Å². The van der Waals surface area contributed by atoms with E-state index in [0.29, 0.717) is 0 Å². The molecule has 0 aromatic heterocycles. The summed E-state index contributed by atoms with van der Waals surface area (Å²) in [5, 5.41) is 10.2. The number of nitrogens with zero attached hydrogens (tertiary/aromatic N) is 1. The van der Waals surface area contributed by atoms with E-state index in [2.05, 4.69) is 4.52 Å². The largest absolute Gasteiger partial charge is 0.524 e. The van der Waals surface area contributed by atoms with Gasteiger partial charge in [-0.1, -0.05) is 0 Å². The monoisotopic (exact) mass is 258 g/mol.